The SMILES string of the molecule is CCCC(=O)NC(=S)Nc1ccc(N2CCN(C(=O)CCC)CC2)c(Cl)c1. The van der Waals surface area contributed by atoms with Crippen molar-refractivity contribution in [3.8, 4) is 0 Å². The molecule has 1 saturated heterocycles. The van der Waals surface area contributed by atoms with Gasteiger partial charge in [-0.2, -0.15) is 0 Å². The molecule has 0 aromatic heterocycles. The number of hydrogen-bond donors (Lipinski definition) is 2. The molecular weight excluding hydrogens is 384 g/mol. The first-order valence-corrected chi connectivity index (χ1v) is 10.2. The summed E-state index contributed by atoms with van der Waals surface area (Å²) in [4.78, 5) is 27.7. The summed E-state index contributed by atoms with van der Waals surface area (Å²) in [6.45, 7) is 6.89. The lowest BCUT2D eigenvalue weighted by Gasteiger charge is -2.36. The standard InChI is InChI=1S/C19H27ClN4O2S/c1-3-5-17(25)22-19(27)21-14-7-8-16(15(20)13-14)23-9-11-24(12-10-23)18(26)6-4-2/h7-8,13H,3-6,9-12H2,1-2H3,(H2,21,22,25,27). The zero-order chi connectivity index (χ0) is 19.8. The Kier molecular flexibility index (Phi) is 8.31. The number of nitrogens with zero attached hydrogens (tertiary/aromatic N) is 2. The molecule has 0 bridgehead atoms. The Labute approximate surface area is 171 Å². The third kappa shape index (κ3) is 6.36. The Morgan fingerprint density at radius 3 is 2.37 bits per heavy atom. The molecule has 1 aliphatic rings. The van der Waals surface area contributed by atoms with Gasteiger partial charge >= 0.3 is 0 Å². The molecule has 1 heterocycles. The Balaban J connectivity index is 1.92. The highest BCUT2D eigenvalue weighted by atomic mass is 35.5. The van der Waals surface area contributed by atoms with Crippen LogP contribution in [0.15, 0.2) is 18.2 Å². The molecule has 0 spiro atoms. The van der Waals surface area contributed by atoms with Crippen LogP contribution in [0.2, 0.25) is 5.02 Å². The monoisotopic (exact) mass is 410 g/mol. The van der Waals surface area contributed by atoms with E-state index in [0.717, 1.165) is 37.3 Å². The lowest BCUT2D eigenvalue weighted by atomic mass is 10.2. The third-order valence-corrected chi connectivity index (χ3v) is 4.88. The number of benzene rings is 1. The van der Waals surface area contributed by atoms with Crippen molar-refractivity contribution >= 4 is 52.1 Å². The number of hydrogen-bond acceptors (Lipinski definition) is 4. The van der Waals surface area contributed by atoms with Crippen LogP contribution in [0.3, 0.4) is 0 Å². The highest BCUT2D eigenvalue weighted by Crippen LogP contribution is 2.29. The van der Waals surface area contributed by atoms with Crippen molar-refractivity contribution in [2.75, 3.05) is 36.4 Å². The molecule has 2 rings (SSSR count). The first-order chi connectivity index (χ1) is 12.9. The van der Waals surface area contributed by atoms with Crippen molar-refractivity contribution in [3.63, 3.8) is 0 Å². The number of amides is 2. The van der Waals surface area contributed by atoms with Crippen molar-refractivity contribution < 1.29 is 9.59 Å². The predicted octanol–water partition coefficient (Wildman–Crippen LogP) is 3.40. The summed E-state index contributed by atoms with van der Waals surface area (Å²) in [5, 5.41) is 6.50. The quantitative estimate of drug-likeness (QED) is 0.703. The number of thiocarbonyl (C=S) groups is 1. The second kappa shape index (κ2) is 10.5. The molecule has 1 aromatic carbocycles. The van der Waals surface area contributed by atoms with Gasteiger partial charge in [0.1, 0.15) is 0 Å². The van der Waals surface area contributed by atoms with Gasteiger partial charge in [-0.3, -0.25) is 9.59 Å². The molecule has 27 heavy (non-hydrogen) atoms. The molecule has 148 valence electrons. The van der Waals surface area contributed by atoms with Crippen LogP contribution in [-0.2, 0) is 9.59 Å². The summed E-state index contributed by atoms with van der Waals surface area (Å²) < 4.78 is 0. The summed E-state index contributed by atoms with van der Waals surface area (Å²) in [5.74, 6) is 0.120. The van der Waals surface area contributed by atoms with E-state index in [4.69, 9.17) is 23.8 Å². The molecule has 1 aromatic rings. The molecular formula is C19H27ClN4O2S. The number of nitrogens with one attached hydrogen (secondary N) is 2. The fourth-order valence-corrected chi connectivity index (χ4v) is 3.52. The molecule has 1 aliphatic heterocycles. The van der Waals surface area contributed by atoms with Gasteiger partial charge in [-0.05, 0) is 43.3 Å². The maximum Gasteiger partial charge on any atom is 0.226 e. The number of rotatable bonds is 6. The largest absolute Gasteiger partial charge is 0.367 e. The van der Waals surface area contributed by atoms with Gasteiger partial charge in [0.2, 0.25) is 11.8 Å². The maximum atomic E-state index is 12.0. The Morgan fingerprint density at radius 2 is 1.78 bits per heavy atom. The van der Waals surface area contributed by atoms with Crippen molar-refractivity contribution in [3.05, 3.63) is 23.2 Å². The van der Waals surface area contributed by atoms with E-state index in [-0.39, 0.29) is 16.9 Å². The fraction of sp³-hybridized carbons (Fsp3) is 0.526. The van der Waals surface area contributed by atoms with Gasteiger partial charge in [0.05, 0.1) is 10.7 Å². The van der Waals surface area contributed by atoms with Crippen molar-refractivity contribution in [2.24, 2.45) is 0 Å². The van der Waals surface area contributed by atoms with Gasteiger partial charge < -0.3 is 20.4 Å². The zero-order valence-corrected chi connectivity index (χ0v) is 17.5. The summed E-state index contributed by atoms with van der Waals surface area (Å²) >= 11 is 11.6. The molecule has 1 fully saturated rings. The first-order valence-electron chi connectivity index (χ1n) is 9.37. The van der Waals surface area contributed by atoms with Gasteiger partial charge in [0.25, 0.3) is 0 Å². The summed E-state index contributed by atoms with van der Waals surface area (Å²) in [5.41, 5.74) is 1.66. The Bertz CT molecular complexity index is 690. The van der Waals surface area contributed by atoms with Gasteiger partial charge in [-0.25, -0.2) is 0 Å². The molecule has 2 amide bonds. The van der Waals surface area contributed by atoms with Crippen LogP contribution in [-0.4, -0.2) is 48.0 Å². The molecule has 0 unspecified atom stereocenters. The molecule has 6 nitrogen and oxygen atoms in total. The van der Waals surface area contributed by atoms with E-state index < -0.39 is 0 Å². The van der Waals surface area contributed by atoms with Crippen LogP contribution in [0, 0.1) is 0 Å². The Hall–Kier alpha value is -1.86. The van der Waals surface area contributed by atoms with Crippen molar-refractivity contribution in [2.45, 2.75) is 39.5 Å². The average Bonchev–Trinajstić information content (AvgIpc) is 2.62. The number of anilines is 2. The zero-order valence-electron chi connectivity index (χ0n) is 15.9. The second-order valence-corrected chi connectivity index (χ2v) is 7.35. The lowest BCUT2D eigenvalue weighted by molar-refractivity contribution is -0.131. The van der Waals surface area contributed by atoms with E-state index in [1.165, 1.54) is 0 Å². The Morgan fingerprint density at radius 1 is 1.11 bits per heavy atom. The van der Waals surface area contributed by atoms with Crippen LogP contribution in [0.25, 0.3) is 0 Å². The van der Waals surface area contributed by atoms with Gasteiger partial charge in [-0.15, -0.1) is 0 Å². The maximum absolute atomic E-state index is 12.0. The highest BCUT2D eigenvalue weighted by Gasteiger charge is 2.22. The molecule has 2 N–H and O–H groups in total. The van der Waals surface area contributed by atoms with Crippen LogP contribution < -0.4 is 15.5 Å². The van der Waals surface area contributed by atoms with Crippen molar-refractivity contribution in [1.82, 2.24) is 10.2 Å². The van der Waals surface area contributed by atoms with Crippen LogP contribution in [0.4, 0.5) is 11.4 Å². The number of halogens is 1. The van der Waals surface area contributed by atoms with E-state index in [1.54, 1.807) is 6.07 Å². The van der Waals surface area contributed by atoms with Gasteiger partial charge in [-0.1, -0.05) is 25.4 Å². The molecule has 0 radical (unpaired) electrons. The lowest BCUT2D eigenvalue weighted by Crippen LogP contribution is -2.48. The molecule has 0 saturated carbocycles. The van der Waals surface area contributed by atoms with Crippen LogP contribution in [0.1, 0.15) is 39.5 Å². The average molecular weight is 411 g/mol. The molecule has 8 heteroatoms. The summed E-state index contributed by atoms with van der Waals surface area (Å²) in [6.07, 6.45) is 2.69. The summed E-state index contributed by atoms with van der Waals surface area (Å²) in [6, 6.07) is 5.61. The minimum Gasteiger partial charge on any atom is -0.367 e. The smallest absolute Gasteiger partial charge is 0.226 e. The minimum atomic E-state index is -0.104. The third-order valence-electron chi connectivity index (χ3n) is 4.37. The van der Waals surface area contributed by atoms with E-state index in [0.29, 0.717) is 31.0 Å². The number of carbonyl (C=O) groups is 2. The molecule has 0 aliphatic carbocycles. The number of piperazine rings is 1. The normalized spacial score (nSPS) is 14.0. The topological polar surface area (TPSA) is 64.7 Å². The van der Waals surface area contributed by atoms with E-state index in [9.17, 15) is 9.59 Å². The number of carbonyl (C=O) groups excluding carboxylic acids is 2. The van der Waals surface area contributed by atoms with Gasteiger partial charge in [0.15, 0.2) is 5.11 Å². The van der Waals surface area contributed by atoms with Crippen molar-refractivity contribution in [1.29, 1.82) is 0 Å². The highest BCUT2D eigenvalue weighted by molar-refractivity contribution is 7.80. The predicted molar refractivity (Wildman–Crippen MR) is 114 cm³/mol. The fourth-order valence-electron chi connectivity index (χ4n) is 2.99. The molecule has 0 atom stereocenters. The second-order valence-electron chi connectivity index (χ2n) is 6.54. The van der Waals surface area contributed by atoms with Crippen LogP contribution in [0.5, 0.6) is 0 Å². The van der Waals surface area contributed by atoms with Gasteiger partial charge in [0, 0.05) is 44.7 Å². The van der Waals surface area contributed by atoms with Crippen LogP contribution >= 0.6 is 23.8 Å². The van der Waals surface area contributed by atoms with E-state index in [1.807, 2.05) is 30.9 Å². The first kappa shape index (κ1) is 21.4. The minimum absolute atomic E-state index is 0.104. The summed E-state index contributed by atoms with van der Waals surface area (Å²) in [7, 11) is 0. The van der Waals surface area contributed by atoms with E-state index >= 15 is 0 Å². The van der Waals surface area contributed by atoms with E-state index in [2.05, 4.69) is 15.5 Å².